The van der Waals surface area contributed by atoms with Crippen molar-refractivity contribution in [3.8, 4) is 5.69 Å². The predicted octanol–water partition coefficient (Wildman–Crippen LogP) is 3.00. The van der Waals surface area contributed by atoms with Gasteiger partial charge in [-0.05, 0) is 19.1 Å². The topological polar surface area (TPSA) is 94.2 Å². The van der Waals surface area contributed by atoms with E-state index < -0.39 is 5.54 Å². The molecule has 8 heteroatoms. The van der Waals surface area contributed by atoms with E-state index in [4.69, 9.17) is 9.26 Å². The molecule has 140 valence electrons. The summed E-state index contributed by atoms with van der Waals surface area (Å²) in [5.41, 5.74) is 1.04. The summed E-state index contributed by atoms with van der Waals surface area (Å²) in [4.78, 5) is 17.0. The molecule has 27 heavy (non-hydrogen) atoms. The molecule has 0 spiro atoms. The number of hydrogen-bond acceptors (Lipinski definition) is 5. The summed E-state index contributed by atoms with van der Waals surface area (Å²) in [6.45, 7) is 2.94. The highest BCUT2D eigenvalue weighted by molar-refractivity contribution is 5.88. The van der Waals surface area contributed by atoms with E-state index in [-0.39, 0.29) is 6.03 Å². The summed E-state index contributed by atoms with van der Waals surface area (Å²) >= 11 is 0. The van der Waals surface area contributed by atoms with Crippen LogP contribution in [0.1, 0.15) is 24.3 Å². The van der Waals surface area contributed by atoms with Gasteiger partial charge < -0.3 is 14.6 Å². The van der Waals surface area contributed by atoms with Gasteiger partial charge in [0.15, 0.2) is 5.76 Å². The molecule has 1 aromatic carbocycles. The van der Waals surface area contributed by atoms with Gasteiger partial charge in [-0.15, -0.1) is 0 Å². The summed E-state index contributed by atoms with van der Waals surface area (Å²) < 4.78 is 12.7. The maximum atomic E-state index is 12.8. The Morgan fingerprint density at radius 1 is 1.22 bits per heavy atom. The molecule has 2 aromatic heterocycles. The van der Waals surface area contributed by atoms with E-state index in [0.717, 1.165) is 11.4 Å². The van der Waals surface area contributed by atoms with E-state index in [1.54, 1.807) is 12.4 Å². The lowest BCUT2D eigenvalue weighted by Gasteiger charge is -2.35. The highest BCUT2D eigenvalue weighted by Gasteiger charge is 2.39. The first-order chi connectivity index (χ1) is 13.2. The van der Waals surface area contributed by atoms with E-state index in [0.29, 0.717) is 37.8 Å². The van der Waals surface area contributed by atoms with Gasteiger partial charge in [0.2, 0.25) is 5.95 Å². The second-order valence-corrected chi connectivity index (χ2v) is 6.56. The highest BCUT2D eigenvalue weighted by atomic mass is 16.5. The minimum absolute atomic E-state index is 0.352. The molecule has 2 amide bonds. The van der Waals surface area contributed by atoms with Crippen molar-refractivity contribution < 1.29 is 14.1 Å². The van der Waals surface area contributed by atoms with E-state index in [1.807, 2.05) is 47.9 Å². The number of aromatic nitrogens is 3. The van der Waals surface area contributed by atoms with E-state index in [9.17, 15) is 4.79 Å². The molecule has 0 unspecified atom stereocenters. The van der Waals surface area contributed by atoms with Crippen molar-refractivity contribution in [3.05, 3.63) is 60.2 Å². The second-order valence-electron chi connectivity index (χ2n) is 6.56. The zero-order valence-electron chi connectivity index (χ0n) is 15.0. The number of carbonyl (C=O) groups is 1. The number of amides is 2. The number of aryl methyl sites for hydroxylation is 1. The molecule has 0 atom stereocenters. The van der Waals surface area contributed by atoms with Crippen molar-refractivity contribution in [2.75, 3.05) is 18.5 Å². The largest absolute Gasteiger partial charge is 0.381 e. The minimum atomic E-state index is -0.645. The smallest absolute Gasteiger partial charge is 0.322 e. The lowest BCUT2D eigenvalue weighted by Crippen LogP contribution is -2.50. The Hall–Kier alpha value is -3.13. The Morgan fingerprint density at radius 3 is 2.70 bits per heavy atom. The summed E-state index contributed by atoms with van der Waals surface area (Å²) in [6.07, 6.45) is 4.67. The molecule has 0 aliphatic carbocycles. The van der Waals surface area contributed by atoms with Crippen molar-refractivity contribution in [1.82, 2.24) is 20.0 Å². The molecule has 3 aromatic rings. The molecule has 0 bridgehead atoms. The van der Waals surface area contributed by atoms with E-state index >= 15 is 0 Å². The lowest BCUT2D eigenvalue weighted by atomic mass is 9.87. The Labute approximate surface area is 156 Å². The number of urea groups is 1. The number of rotatable bonds is 4. The Morgan fingerprint density at radius 2 is 2.00 bits per heavy atom. The third-order valence-corrected chi connectivity index (χ3v) is 4.70. The van der Waals surface area contributed by atoms with Gasteiger partial charge in [0.1, 0.15) is 5.54 Å². The second kappa shape index (κ2) is 7.24. The monoisotopic (exact) mass is 367 g/mol. The molecule has 2 N–H and O–H groups in total. The van der Waals surface area contributed by atoms with Gasteiger partial charge in [-0.1, -0.05) is 23.4 Å². The van der Waals surface area contributed by atoms with Gasteiger partial charge >= 0.3 is 6.03 Å². The number of nitrogens with zero attached hydrogens (tertiary/aromatic N) is 3. The highest BCUT2D eigenvalue weighted by Crippen LogP contribution is 2.32. The first-order valence-corrected chi connectivity index (χ1v) is 8.86. The van der Waals surface area contributed by atoms with Gasteiger partial charge in [-0.3, -0.25) is 9.88 Å². The predicted molar refractivity (Wildman–Crippen MR) is 98.7 cm³/mol. The number of para-hydroxylation sites is 1. The minimum Gasteiger partial charge on any atom is -0.381 e. The van der Waals surface area contributed by atoms with Crippen LogP contribution in [0.2, 0.25) is 0 Å². The van der Waals surface area contributed by atoms with Gasteiger partial charge in [0, 0.05) is 50.2 Å². The third kappa shape index (κ3) is 3.56. The summed E-state index contributed by atoms with van der Waals surface area (Å²) in [7, 11) is 0. The lowest BCUT2D eigenvalue weighted by molar-refractivity contribution is 0.0307. The van der Waals surface area contributed by atoms with Crippen molar-refractivity contribution in [3.63, 3.8) is 0 Å². The van der Waals surface area contributed by atoms with Crippen molar-refractivity contribution >= 4 is 12.0 Å². The number of hydrogen-bond donors (Lipinski definition) is 2. The van der Waals surface area contributed by atoms with Gasteiger partial charge in [0.25, 0.3) is 0 Å². The summed E-state index contributed by atoms with van der Waals surface area (Å²) in [5.74, 6) is 1.08. The summed E-state index contributed by atoms with van der Waals surface area (Å²) in [6, 6.07) is 11.2. The van der Waals surface area contributed by atoms with Crippen LogP contribution in [0.15, 0.2) is 53.3 Å². The fourth-order valence-electron chi connectivity index (χ4n) is 3.28. The maximum Gasteiger partial charge on any atom is 0.322 e. The Bertz CT molecular complexity index is 912. The number of benzene rings is 1. The van der Waals surface area contributed by atoms with Crippen molar-refractivity contribution in [2.24, 2.45) is 0 Å². The number of imidazole rings is 1. The number of ether oxygens (including phenoxy) is 1. The molecule has 8 nitrogen and oxygen atoms in total. The van der Waals surface area contributed by atoms with Crippen molar-refractivity contribution in [2.45, 2.75) is 25.3 Å². The average Bonchev–Trinajstić information content (AvgIpc) is 3.32. The van der Waals surface area contributed by atoms with E-state index in [2.05, 4.69) is 20.8 Å². The fourth-order valence-corrected chi connectivity index (χ4v) is 3.28. The van der Waals surface area contributed by atoms with Gasteiger partial charge in [0.05, 0.1) is 5.69 Å². The molecule has 1 saturated heterocycles. The van der Waals surface area contributed by atoms with Crippen molar-refractivity contribution in [1.29, 1.82) is 0 Å². The summed E-state index contributed by atoms with van der Waals surface area (Å²) in [5, 5.41) is 9.87. The maximum absolute atomic E-state index is 12.8. The molecule has 0 radical (unpaired) electrons. The van der Waals surface area contributed by atoms with Crippen LogP contribution < -0.4 is 10.6 Å². The number of nitrogens with one attached hydrogen (secondary N) is 2. The first kappa shape index (κ1) is 17.3. The molecule has 4 rings (SSSR count). The standard InChI is InChI=1S/C19H21N5O3/c1-14-13-16(27-23-14)19(7-11-26-12-8-19)22-18(25)21-17-20-9-10-24(17)15-5-3-2-4-6-15/h2-6,9-10,13H,7-8,11-12H2,1H3,(H2,20,21,22,25). The first-order valence-electron chi connectivity index (χ1n) is 8.86. The molecule has 1 aliphatic rings. The third-order valence-electron chi connectivity index (χ3n) is 4.70. The van der Waals surface area contributed by atoms with Crippen LogP contribution in [0.5, 0.6) is 0 Å². The quantitative estimate of drug-likeness (QED) is 0.739. The number of anilines is 1. The van der Waals surface area contributed by atoms with E-state index in [1.165, 1.54) is 0 Å². The molecular formula is C19H21N5O3. The Kier molecular flexibility index (Phi) is 4.64. The normalized spacial score (nSPS) is 16.0. The van der Waals surface area contributed by atoms with Crippen LogP contribution in [0.4, 0.5) is 10.7 Å². The Balaban J connectivity index is 1.54. The SMILES string of the molecule is Cc1cc(C2(NC(=O)Nc3nccn3-c3ccccc3)CCOCC2)on1. The van der Waals surface area contributed by atoms with Gasteiger partial charge in [-0.25, -0.2) is 9.78 Å². The molecule has 3 heterocycles. The van der Waals surface area contributed by atoms with Gasteiger partial charge in [-0.2, -0.15) is 0 Å². The van der Waals surface area contributed by atoms with Crippen LogP contribution in [-0.2, 0) is 10.3 Å². The molecule has 1 fully saturated rings. The fraction of sp³-hybridized carbons (Fsp3) is 0.316. The molecular weight excluding hydrogens is 346 g/mol. The number of carbonyl (C=O) groups excluding carboxylic acids is 1. The molecule has 0 saturated carbocycles. The zero-order valence-corrected chi connectivity index (χ0v) is 15.0. The van der Waals surface area contributed by atoms with Crippen LogP contribution in [0, 0.1) is 6.92 Å². The van der Waals surface area contributed by atoms with Crippen LogP contribution in [0.25, 0.3) is 5.69 Å². The average molecular weight is 367 g/mol. The van der Waals surface area contributed by atoms with Crippen LogP contribution in [-0.4, -0.2) is 34.0 Å². The zero-order chi connectivity index (χ0) is 18.7. The molecule has 1 aliphatic heterocycles. The van der Waals surface area contributed by atoms with Crippen LogP contribution >= 0.6 is 0 Å². The van der Waals surface area contributed by atoms with Crippen LogP contribution in [0.3, 0.4) is 0 Å².